The SMILES string of the molecule is CN=C(c1ccc(C)cc1)c1ccc(C)cc1. The van der Waals surface area contributed by atoms with Crippen LogP contribution in [-0.4, -0.2) is 12.8 Å². The summed E-state index contributed by atoms with van der Waals surface area (Å²) in [6, 6.07) is 17.0. The van der Waals surface area contributed by atoms with Gasteiger partial charge in [0.15, 0.2) is 0 Å². The van der Waals surface area contributed by atoms with E-state index in [9.17, 15) is 0 Å². The summed E-state index contributed by atoms with van der Waals surface area (Å²) in [5, 5.41) is 0. The predicted octanol–water partition coefficient (Wildman–Crippen LogP) is 3.77. The fourth-order valence-electron chi connectivity index (χ4n) is 1.85. The standard InChI is InChI=1S/C16H17N/c1-12-4-8-14(9-5-12)16(17-3)15-10-6-13(2)7-11-15/h4-11H,1-3H3. The fourth-order valence-corrected chi connectivity index (χ4v) is 1.85. The maximum absolute atomic E-state index is 4.40. The highest BCUT2D eigenvalue weighted by Gasteiger charge is 2.05. The highest BCUT2D eigenvalue weighted by Crippen LogP contribution is 2.12. The molecule has 0 fully saturated rings. The number of hydrogen-bond donors (Lipinski definition) is 0. The second-order valence-electron chi connectivity index (χ2n) is 4.30. The van der Waals surface area contributed by atoms with Crippen LogP contribution < -0.4 is 0 Å². The van der Waals surface area contributed by atoms with Crippen LogP contribution in [0.2, 0.25) is 0 Å². The molecule has 17 heavy (non-hydrogen) atoms. The van der Waals surface area contributed by atoms with Crippen molar-refractivity contribution in [2.75, 3.05) is 7.05 Å². The van der Waals surface area contributed by atoms with Crippen LogP contribution in [0.25, 0.3) is 0 Å². The van der Waals surface area contributed by atoms with Gasteiger partial charge >= 0.3 is 0 Å². The van der Waals surface area contributed by atoms with Gasteiger partial charge in [-0.15, -0.1) is 0 Å². The van der Waals surface area contributed by atoms with Crippen LogP contribution in [0.4, 0.5) is 0 Å². The molecule has 0 aromatic heterocycles. The number of nitrogens with zero attached hydrogens (tertiary/aromatic N) is 1. The number of aryl methyl sites for hydroxylation is 2. The molecule has 1 nitrogen and oxygen atoms in total. The van der Waals surface area contributed by atoms with E-state index < -0.39 is 0 Å². The Hall–Kier alpha value is -1.89. The van der Waals surface area contributed by atoms with Gasteiger partial charge in [0.1, 0.15) is 0 Å². The van der Waals surface area contributed by atoms with Gasteiger partial charge in [0.05, 0.1) is 5.71 Å². The van der Waals surface area contributed by atoms with Crippen LogP contribution in [0.3, 0.4) is 0 Å². The minimum Gasteiger partial charge on any atom is -0.287 e. The van der Waals surface area contributed by atoms with Gasteiger partial charge in [-0.25, -0.2) is 0 Å². The molecule has 0 atom stereocenters. The van der Waals surface area contributed by atoms with Crippen molar-refractivity contribution in [2.45, 2.75) is 13.8 Å². The van der Waals surface area contributed by atoms with Gasteiger partial charge in [-0.1, -0.05) is 59.7 Å². The predicted molar refractivity (Wildman–Crippen MR) is 73.9 cm³/mol. The third-order valence-corrected chi connectivity index (χ3v) is 2.87. The van der Waals surface area contributed by atoms with E-state index in [2.05, 4.69) is 67.4 Å². The molecule has 0 aliphatic carbocycles. The second-order valence-corrected chi connectivity index (χ2v) is 4.30. The van der Waals surface area contributed by atoms with E-state index in [1.165, 1.54) is 22.3 Å². The van der Waals surface area contributed by atoms with Gasteiger partial charge < -0.3 is 0 Å². The Bertz CT molecular complexity index is 471. The minimum absolute atomic E-state index is 1.05. The first-order chi connectivity index (χ1) is 8.20. The average molecular weight is 223 g/mol. The minimum atomic E-state index is 1.05. The first kappa shape index (κ1) is 11.6. The molecular weight excluding hydrogens is 206 g/mol. The van der Waals surface area contributed by atoms with Crippen molar-refractivity contribution >= 4 is 5.71 Å². The van der Waals surface area contributed by atoms with Crippen molar-refractivity contribution in [3.05, 3.63) is 70.8 Å². The van der Waals surface area contributed by atoms with E-state index in [0.29, 0.717) is 0 Å². The van der Waals surface area contributed by atoms with E-state index in [-0.39, 0.29) is 0 Å². The molecule has 0 aliphatic rings. The normalized spacial score (nSPS) is 10.1. The molecule has 0 heterocycles. The molecule has 0 aliphatic heterocycles. The fraction of sp³-hybridized carbons (Fsp3) is 0.188. The van der Waals surface area contributed by atoms with Crippen molar-refractivity contribution in [2.24, 2.45) is 4.99 Å². The molecule has 2 aromatic carbocycles. The Kier molecular flexibility index (Phi) is 3.38. The van der Waals surface area contributed by atoms with E-state index in [0.717, 1.165) is 5.71 Å². The summed E-state index contributed by atoms with van der Waals surface area (Å²) in [6.45, 7) is 4.19. The summed E-state index contributed by atoms with van der Waals surface area (Å²) in [5.74, 6) is 0. The van der Waals surface area contributed by atoms with Crippen molar-refractivity contribution in [1.29, 1.82) is 0 Å². The summed E-state index contributed by atoms with van der Waals surface area (Å²) >= 11 is 0. The molecule has 86 valence electrons. The Morgan fingerprint density at radius 2 is 1.06 bits per heavy atom. The maximum Gasteiger partial charge on any atom is 0.0715 e. The second kappa shape index (κ2) is 4.96. The monoisotopic (exact) mass is 223 g/mol. The van der Waals surface area contributed by atoms with Gasteiger partial charge in [-0.3, -0.25) is 4.99 Å². The third kappa shape index (κ3) is 2.62. The number of aliphatic imine (C=N–C) groups is 1. The zero-order valence-electron chi connectivity index (χ0n) is 10.6. The lowest BCUT2D eigenvalue weighted by atomic mass is 10.0. The molecule has 1 heteroatoms. The summed E-state index contributed by atoms with van der Waals surface area (Å²) in [5.41, 5.74) is 5.93. The Balaban J connectivity index is 2.41. The highest BCUT2D eigenvalue weighted by molar-refractivity contribution is 6.12. The van der Waals surface area contributed by atoms with E-state index in [1.54, 1.807) is 0 Å². The molecule has 2 aromatic rings. The van der Waals surface area contributed by atoms with Gasteiger partial charge in [0.2, 0.25) is 0 Å². The average Bonchev–Trinajstić information content (AvgIpc) is 2.35. The maximum atomic E-state index is 4.40. The Morgan fingerprint density at radius 1 is 0.706 bits per heavy atom. The van der Waals surface area contributed by atoms with Gasteiger partial charge in [-0.2, -0.15) is 0 Å². The lowest BCUT2D eigenvalue weighted by molar-refractivity contribution is 1.39. The van der Waals surface area contributed by atoms with Crippen LogP contribution >= 0.6 is 0 Å². The first-order valence-corrected chi connectivity index (χ1v) is 5.81. The van der Waals surface area contributed by atoms with Crippen LogP contribution in [-0.2, 0) is 0 Å². The summed E-state index contributed by atoms with van der Waals surface area (Å²) < 4.78 is 0. The van der Waals surface area contributed by atoms with Crippen LogP contribution in [0.1, 0.15) is 22.3 Å². The van der Waals surface area contributed by atoms with Crippen molar-refractivity contribution in [1.82, 2.24) is 0 Å². The molecule has 0 saturated carbocycles. The molecule has 2 rings (SSSR count). The zero-order valence-corrected chi connectivity index (χ0v) is 10.6. The lowest BCUT2D eigenvalue weighted by Gasteiger charge is -2.07. The molecule has 0 amide bonds. The third-order valence-electron chi connectivity index (χ3n) is 2.87. The van der Waals surface area contributed by atoms with Crippen LogP contribution in [0, 0.1) is 13.8 Å². The van der Waals surface area contributed by atoms with E-state index >= 15 is 0 Å². The first-order valence-electron chi connectivity index (χ1n) is 5.81. The van der Waals surface area contributed by atoms with E-state index in [1.807, 2.05) is 7.05 Å². The number of benzene rings is 2. The molecule has 0 saturated heterocycles. The summed E-state index contributed by atoms with van der Waals surface area (Å²) in [7, 11) is 1.84. The number of hydrogen-bond acceptors (Lipinski definition) is 1. The van der Waals surface area contributed by atoms with Crippen LogP contribution in [0.5, 0.6) is 0 Å². The molecule has 0 radical (unpaired) electrons. The quantitative estimate of drug-likeness (QED) is 0.687. The Morgan fingerprint density at radius 3 is 1.35 bits per heavy atom. The highest BCUT2D eigenvalue weighted by atomic mass is 14.7. The molecule has 0 N–H and O–H groups in total. The summed E-state index contributed by atoms with van der Waals surface area (Å²) in [4.78, 5) is 4.40. The van der Waals surface area contributed by atoms with Crippen molar-refractivity contribution in [3.8, 4) is 0 Å². The molecule has 0 unspecified atom stereocenters. The Labute approximate surface area is 103 Å². The van der Waals surface area contributed by atoms with E-state index in [4.69, 9.17) is 0 Å². The van der Waals surface area contributed by atoms with Gasteiger partial charge in [0.25, 0.3) is 0 Å². The molecular formula is C16H17N. The summed E-state index contributed by atoms with van der Waals surface area (Å²) in [6.07, 6.45) is 0. The molecule has 0 bridgehead atoms. The van der Waals surface area contributed by atoms with Crippen LogP contribution in [0.15, 0.2) is 53.5 Å². The topological polar surface area (TPSA) is 12.4 Å². The smallest absolute Gasteiger partial charge is 0.0715 e. The largest absolute Gasteiger partial charge is 0.287 e. The zero-order chi connectivity index (χ0) is 12.3. The van der Waals surface area contributed by atoms with Gasteiger partial charge in [-0.05, 0) is 13.8 Å². The number of rotatable bonds is 2. The van der Waals surface area contributed by atoms with Crippen molar-refractivity contribution < 1.29 is 0 Å². The lowest BCUT2D eigenvalue weighted by Crippen LogP contribution is -2.03. The van der Waals surface area contributed by atoms with Gasteiger partial charge in [0, 0.05) is 18.2 Å². The molecule has 0 spiro atoms. The van der Waals surface area contributed by atoms with Crippen molar-refractivity contribution in [3.63, 3.8) is 0 Å².